The highest BCUT2D eigenvalue weighted by atomic mass is 19.4. The number of rotatable bonds is 2. The van der Waals surface area contributed by atoms with Gasteiger partial charge in [0.25, 0.3) is 0 Å². The summed E-state index contributed by atoms with van der Waals surface area (Å²) in [4.78, 5) is 0. The summed E-state index contributed by atoms with van der Waals surface area (Å²) >= 11 is 0. The molecule has 134 valence electrons. The highest BCUT2D eigenvalue weighted by Crippen LogP contribution is 2.62. The lowest BCUT2D eigenvalue weighted by Gasteiger charge is -2.42. The Morgan fingerprint density at radius 1 is 1.12 bits per heavy atom. The third-order valence-electron chi connectivity index (χ3n) is 6.18. The number of benzene rings is 1. The molecule has 0 aliphatic carbocycles. The van der Waals surface area contributed by atoms with Crippen molar-refractivity contribution in [2.75, 3.05) is 0 Å². The van der Waals surface area contributed by atoms with Crippen molar-refractivity contribution in [2.45, 2.75) is 58.3 Å². The van der Waals surface area contributed by atoms with E-state index in [4.69, 9.17) is 0 Å². The minimum atomic E-state index is -4.31. The van der Waals surface area contributed by atoms with Crippen molar-refractivity contribution in [1.29, 1.82) is 0 Å². The van der Waals surface area contributed by atoms with Gasteiger partial charge in [-0.05, 0) is 30.6 Å². The Bertz CT molecular complexity index is 776. The molecular weight excluding hydrogens is 325 g/mol. The van der Waals surface area contributed by atoms with E-state index in [2.05, 4.69) is 13.8 Å². The van der Waals surface area contributed by atoms with Gasteiger partial charge in [0.1, 0.15) is 0 Å². The number of hydrazine groups is 1. The maximum absolute atomic E-state index is 14.1. The average molecular weight is 348 g/mol. The van der Waals surface area contributed by atoms with Gasteiger partial charge in [-0.15, -0.1) is 0 Å². The molecule has 25 heavy (non-hydrogen) atoms. The molecule has 3 heterocycles. The first-order chi connectivity index (χ1) is 11.6. The van der Waals surface area contributed by atoms with Crippen LogP contribution in [0, 0.1) is 5.41 Å². The van der Waals surface area contributed by atoms with Crippen LogP contribution in [0.4, 0.5) is 13.2 Å². The molecule has 3 aliphatic heterocycles. The monoisotopic (exact) mass is 348 g/mol. The van der Waals surface area contributed by atoms with Crippen LogP contribution in [-0.2, 0) is 0 Å². The fourth-order valence-corrected chi connectivity index (χ4v) is 4.82. The summed E-state index contributed by atoms with van der Waals surface area (Å²) in [6.07, 6.45) is -1.48. The second-order valence-corrected chi connectivity index (χ2v) is 7.97. The second-order valence-electron chi connectivity index (χ2n) is 7.97. The lowest BCUT2D eigenvalue weighted by Crippen LogP contribution is -2.55. The molecule has 0 spiro atoms. The summed E-state index contributed by atoms with van der Waals surface area (Å²) in [6, 6.07) is 9.36. The van der Waals surface area contributed by atoms with Gasteiger partial charge >= 0.3 is 6.18 Å². The molecule has 2 nitrogen and oxygen atoms in total. The first-order valence-electron chi connectivity index (χ1n) is 8.79. The minimum Gasteiger partial charge on any atom is -0.281 e. The van der Waals surface area contributed by atoms with E-state index in [0.29, 0.717) is 5.70 Å². The van der Waals surface area contributed by atoms with Crippen molar-refractivity contribution in [3.8, 4) is 0 Å². The standard InChI is InChI=1S/C20H23F3N2/c1-5-14-16-12-19(4,20(21,22)23)25-15(13-9-7-6-8-10-13)11-17(24(16)25)18(14,2)3/h6-11,17H,5,12H2,1-4H3/t17-,19+/m1/s1. The number of hydrogen-bond acceptors (Lipinski definition) is 2. The summed E-state index contributed by atoms with van der Waals surface area (Å²) in [6.45, 7) is 7.67. The van der Waals surface area contributed by atoms with Gasteiger partial charge in [-0.3, -0.25) is 10.0 Å². The first kappa shape index (κ1) is 16.6. The van der Waals surface area contributed by atoms with Crippen LogP contribution in [0.3, 0.4) is 0 Å². The van der Waals surface area contributed by atoms with Crippen LogP contribution in [0.25, 0.3) is 5.70 Å². The fraction of sp³-hybridized carbons (Fsp3) is 0.500. The zero-order valence-electron chi connectivity index (χ0n) is 15.0. The predicted octanol–water partition coefficient (Wildman–Crippen LogP) is 5.36. The molecule has 0 N–H and O–H groups in total. The van der Waals surface area contributed by atoms with E-state index in [1.54, 1.807) is 0 Å². The zero-order chi connectivity index (χ0) is 18.2. The summed E-state index contributed by atoms with van der Waals surface area (Å²) in [7, 11) is 0. The molecule has 1 saturated heterocycles. The maximum atomic E-state index is 14.1. The average Bonchev–Trinajstić information content (AvgIpc) is 3.13. The number of hydrogen-bond donors (Lipinski definition) is 0. The Hall–Kier alpha value is -1.91. The van der Waals surface area contributed by atoms with Gasteiger partial charge in [-0.25, -0.2) is 0 Å². The molecule has 5 heteroatoms. The van der Waals surface area contributed by atoms with Crippen LogP contribution in [-0.4, -0.2) is 27.8 Å². The fourth-order valence-electron chi connectivity index (χ4n) is 4.82. The molecule has 4 rings (SSSR count). The van der Waals surface area contributed by atoms with Gasteiger partial charge in [0.05, 0.1) is 11.7 Å². The van der Waals surface area contributed by atoms with Crippen LogP contribution in [0.5, 0.6) is 0 Å². The SMILES string of the molecule is CCC1=C2C[C@@](C)(C(F)(F)F)N3C(c4ccccc4)=C[C@@H](N23)C1(C)C. The van der Waals surface area contributed by atoms with Gasteiger partial charge in [0, 0.05) is 17.5 Å². The summed E-state index contributed by atoms with van der Waals surface area (Å²) < 4.78 is 42.3. The summed E-state index contributed by atoms with van der Waals surface area (Å²) in [5.74, 6) is 0. The number of alkyl halides is 3. The lowest BCUT2D eigenvalue weighted by molar-refractivity contribution is -0.227. The van der Waals surface area contributed by atoms with E-state index in [-0.39, 0.29) is 17.9 Å². The Kier molecular flexibility index (Phi) is 3.20. The van der Waals surface area contributed by atoms with Gasteiger partial charge < -0.3 is 0 Å². The van der Waals surface area contributed by atoms with Crippen molar-refractivity contribution >= 4 is 5.70 Å². The molecule has 0 aromatic heterocycles. The number of halogens is 3. The zero-order valence-corrected chi connectivity index (χ0v) is 15.0. The van der Waals surface area contributed by atoms with Crippen LogP contribution in [0.2, 0.25) is 0 Å². The predicted molar refractivity (Wildman–Crippen MR) is 92.1 cm³/mol. The molecular formula is C20H23F3N2. The van der Waals surface area contributed by atoms with Crippen LogP contribution in [0.15, 0.2) is 47.7 Å². The van der Waals surface area contributed by atoms with Gasteiger partial charge in [-0.2, -0.15) is 13.2 Å². The van der Waals surface area contributed by atoms with E-state index in [1.807, 2.05) is 48.3 Å². The van der Waals surface area contributed by atoms with Gasteiger partial charge in [-0.1, -0.05) is 51.1 Å². The highest BCUT2D eigenvalue weighted by molar-refractivity contribution is 5.70. The van der Waals surface area contributed by atoms with Gasteiger partial charge in [0.2, 0.25) is 0 Å². The molecule has 1 fully saturated rings. The molecule has 0 amide bonds. The van der Waals surface area contributed by atoms with E-state index < -0.39 is 11.7 Å². The van der Waals surface area contributed by atoms with Crippen LogP contribution in [0.1, 0.15) is 46.1 Å². The van der Waals surface area contributed by atoms with E-state index in [9.17, 15) is 13.2 Å². The van der Waals surface area contributed by atoms with Crippen molar-refractivity contribution in [1.82, 2.24) is 10.0 Å². The molecule has 0 bridgehead atoms. The third kappa shape index (κ3) is 1.92. The Balaban J connectivity index is 1.93. The summed E-state index contributed by atoms with van der Waals surface area (Å²) in [5.41, 5.74) is 1.45. The van der Waals surface area contributed by atoms with Crippen molar-refractivity contribution < 1.29 is 13.2 Å². The maximum Gasteiger partial charge on any atom is 0.413 e. The molecule has 1 aromatic carbocycles. The van der Waals surface area contributed by atoms with Crippen LogP contribution < -0.4 is 0 Å². The van der Waals surface area contributed by atoms with Crippen LogP contribution >= 0.6 is 0 Å². The van der Waals surface area contributed by atoms with Crippen molar-refractivity contribution in [2.24, 2.45) is 5.41 Å². The first-order valence-corrected chi connectivity index (χ1v) is 8.79. The highest BCUT2D eigenvalue weighted by Gasteiger charge is 2.68. The number of nitrogens with zero attached hydrogens (tertiary/aromatic N) is 2. The van der Waals surface area contributed by atoms with Gasteiger partial charge in [0.15, 0.2) is 5.54 Å². The minimum absolute atomic E-state index is 0.0176. The molecule has 0 unspecified atom stereocenters. The quantitative estimate of drug-likeness (QED) is 0.710. The largest absolute Gasteiger partial charge is 0.413 e. The third-order valence-corrected chi connectivity index (χ3v) is 6.18. The van der Waals surface area contributed by atoms with E-state index in [0.717, 1.165) is 23.3 Å². The topological polar surface area (TPSA) is 6.48 Å². The lowest BCUT2D eigenvalue weighted by atomic mass is 9.77. The van der Waals surface area contributed by atoms with E-state index >= 15 is 0 Å². The molecule has 3 aliphatic rings. The smallest absolute Gasteiger partial charge is 0.281 e. The molecule has 2 atom stereocenters. The Labute approximate surface area is 146 Å². The Morgan fingerprint density at radius 2 is 1.76 bits per heavy atom. The normalized spacial score (nSPS) is 30.2. The Morgan fingerprint density at radius 3 is 2.32 bits per heavy atom. The molecule has 0 radical (unpaired) electrons. The molecule has 1 aromatic rings. The van der Waals surface area contributed by atoms with Crippen molar-refractivity contribution in [3.63, 3.8) is 0 Å². The second kappa shape index (κ2) is 4.83. The van der Waals surface area contributed by atoms with E-state index in [1.165, 1.54) is 11.9 Å². The molecule has 0 saturated carbocycles. The summed E-state index contributed by atoms with van der Waals surface area (Å²) in [5, 5.41) is 3.45. The van der Waals surface area contributed by atoms with Crippen molar-refractivity contribution in [3.05, 3.63) is 53.2 Å².